The number of rotatable bonds is 5. The molecule has 1 N–H and O–H groups in total. The van der Waals surface area contributed by atoms with Gasteiger partial charge < -0.3 is 5.32 Å². The molecule has 0 aromatic heterocycles. The SMILES string of the molecule is CC(C)CC(C)N[C@@H](C)c1cccc(Br)c1. The Morgan fingerprint density at radius 1 is 1.19 bits per heavy atom. The van der Waals surface area contributed by atoms with Crippen LogP contribution in [0.25, 0.3) is 0 Å². The van der Waals surface area contributed by atoms with Crippen LogP contribution in [-0.4, -0.2) is 6.04 Å². The van der Waals surface area contributed by atoms with Crippen LogP contribution < -0.4 is 5.32 Å². The first-order valence-electron chi connectivity index (χ1n) is 6.00. The number of benzene rings is 1. The lowest BCUT2D eigenvalue weighted by molar-refractivity contribution is 0.407. The van der Waals surface area contributed by atoms with E-state index in [1.54, 1.807) is 0 Å². The molecule has 0 aliphatic carbocycles. The Balaban J connectivity index is 2.55. The van der Waals surface area contributed by atoms with E-state index in [1.165, 1.54) is 12.0 Å². The highest BCUT2D eigenvalue weighted by atomic mass is 79.9. The highest BCUT2D eigenvalue weighted by molar-refractivity contribution is 9.10. The second-order valence-electron chi connectivity index (χ2n) is 4.97. The van der Waals surface area contributed by atoms with Crippen LogP contribution in [0.4, 0.5) is 0 Å². The highest BCUT2D eigenvalue weighted by Crippen LogP contribution is 2.19. The van der Waals surface area contributed by atoms with Crippen molar-refractivity contribution in [2.75, 3.05) is 0 Å². The van der Waals surface area contributed by atoms with Gasteiger partial charge in [-0.1, -0.05) is 41.9 Å². The Morgan fingerprint density at radius 2 is 1.88 bits per heavy atom. The molecule has 0 aliphatic heterocycles. The fraction of sp³-hybridized carbons (Fsp3) is 0.571. The molecule has 0 bridgehead atoms. The Bertz CT molecular complexity index is 322. The van der Waals surface area contributed by atoms with Crippen molar-refractivity contribution in [2.45, 2.75) is 46.2 Å². The lowest BCUT2D eigenvalue weighted by Gasteiger charge is -2.22. The Morgan fingerprint density at radius 3 is 2.44 bits per heavy atom. The molecule has 0 saturated carbocycles. The minimum atomic E-state index is 0.409. The van der Waals surface area contributed by atoms with Gasteiger partial charge in [0.05, 0.1) is 0 Å². The lowest BCUT2D eigenvalue weighted by atomic mass is 10.0. The van der Waals surface area contributed by atoms with E-state index in [1.807, 2.05) is 0 Å². The molecule has 1 unspecified atom stereocenters. The zero-order chi connectivity index (χ0) is 12.1. The van der Waals surface area contributed by atoms with E-state index in [4.69, 9.17) is 0 Å². The van der Waals surface area contributed by atoms with Crippen LogP contribution in [0.15, 0.2) is 28.7 Å². The maximum atomic E-state index is 3.63. The van der Waals surface area contributed by atoms with Crippen molar-refractivity contribution < 1.29 is 0 Å². The lowest BCUT2D eigenvalue weighted by Crippen LogP contribution is -2.30. The Kier molecular flexibility index (Phi) is 5.50. The van der Waals surface area contributed by atoms with E-state index in [0.717, 1.165) is 10.4 Å². The van der Waals surface area contributed by atoms with Crippen molar-refractivity contribution >= 4 is 15.9 Å². The maximum absolute atomic E-state index is 3.63. The minimum absolute atomic E-state index is 0.409. The average Bonchev–Trinajstić information content (AvgIpc) is 2.16. The summed E-state index contributed by atoms with van der Waals surface area (Å²) in [5, 5.41) is 3.63. The van der Waals surface area contributed by atoms with Crippen molar-refractivity contribution in [3.63, 3.8) is 0 Å². The predicted molar refractivity (Wildman–Crippen MR) is 74.6 cm³/mol. The maximum Gasteiger partial charge on any atom is 0.0294 e. The fourth-order valence-corrected chi connectivity index (χ4v) is 2.49. The topological polar surface area (TPSA) is 12.0 Å². The Hall–Kier alpha value is -0.340. The van der Waals surface area contributed by atoms with Gasteiger partial charge in [0, 0.05) is 16.6 Å². The third kappa shape index (κ3) is 4.67. The van der Waals surface area contributed by atoms with Crippen LogP contribution in [0.5, 0.6) is 0 Å². The smallest absolute Gasteiger partial charge is 0.0294 e. The second-order valence-corrected chi connectivity index (χ2v) is 5.89. The summed E-state index contributed by atoms with van der Waals surface area (Å²) in [5.41, 5.74) is 1.34. The molecule has 90 valence electrons. The van der Waals surface area contributed by atoms with E-state index in [2.05, 4.69) is 73.2 Å². The summed E-state index contributed by atoms with van der Waals surface area (Å²) in [6, 6.07) is 9.48. The van der Waals surface area contributed by atoms with E-state index in [-0.39, 0.29) is 0 Å². The molecule has 16 heavy (non-hydrogen) atoms. The fourth-order valence-electron chi connectivity index (χ4n) is 2.07. The van der Waals surface area contributed by atoms with Crippen LogP contribution in [0.1, 0.15) is 45.7 Å². The average molecular weight is 284 g/mol. The molecule has 0 spiro atoms. The summed E-state index contributed by atoms with van der Waals surface area (Å²) >= 11 is 3.51. The summed E-state index contributed by atoms with van der Waals surface area (Å²) in [5.74, 6) is 0.747. The molecular formula is C14H22BrN. The van der Waals surface area contributed by atoms with E-state index >= 15 is 0 Å². The summed E-state index contributed by atoms with van der Waals surface area (Å²) in [7, 11) is 0. The van der Waals surface area contributed by atoms with Gasteiger partial charge in [-0.3, -0.25) is 0 Å². The number of halogens is 1. The summed E-state index contributed by atoms with van der Waals surface area (Å²) in [6.07, 6.45) is 1.22. The molecule has 2 heteroatoms. The van der Waals surface area contributed by atoms with Crippen molar-refractivity contribution in [1.82, 2.24) is 5.32 Å². The molecule has 0 radical (unpaired) electrons. The molecule has 1 nitrogen and oxygen atoms in total. The van der Waals surface area contributed by atoms with Crippen molar-refractivity contribution in [1.29, 1.82) is 0 Å². The third-order valence-electron chi connectivity index (χ3n) is 2.71. The monoisotopic (exact) mass is 283 g/mol. The van der Waals surface area contributed by atoms with Gasteiger partial charge in [0.1, 0.15) is 0 Å². The van der Waals surface area contributed by atoms with Gasteiger partial charge in [-0.2, -0.15) is 0 Å². The van der Waals surface area contributed by atoms with Gasteiger partial charge >= 0.3 is 0 Å². The molecule has 1 rings (SSSR count). The molecule has 0 fully saturated rings. The largest absolute Gasteiger partial charge is 0.308 e. The van der Waals surface area contributed by atoms with Crippen molar-refractivity contribution in [3.05, 3.63) is 34.3 Å². The first-order valence-corrected chi connectivity index (χ1v) is 6.80. The van der Waals surface area contributed by atoms with Gasteiger partial charge in [-0.05, 0) is 43.9 Å². The van der Waals surface area contributed by atoms with Crippen molar-refractivity contribution in [2.24, 2.45) is 5.92 Å². The minimum Gasteiger partial charge on any atom is -0.308 e. The molecule has 0 aliphatic rings. The van der Waals surface area contributed by atoms with Gasteiger partial charge in [0.25, 0.3) is 0 Å². The predicted octanol–water partition coefficient (Wildman–Crippen LogP) is 4.53. The Labute approximate surface area is 108 Å². The normalized spacial score (nSPS) is 15.1. The van der Waals surface area contributed by atoms with E-state index in [0.29, 0.717) is 12.1 Å². The van der Waals surface area contributed by atoms with Crippen LogP contribution in [-0.2, 0) is 0 Å². The van der Waals surface area contributed by atoms with E-state index < -0.39 is 0 Å². The molecule has 2 atom stereocenters. The molecule has 0 saturated heterocycles. The second kappa shape index (κ2) is 6.41. The first-order chi connectivity index (χ1) is 7.49. The van der Waals surface area contributed by atoms with Crippen LogP contribution >= 0.6 is 15.9 Å². The molecule has 0 heterocycles. The number of hydrogen-bond donors (Lipinski definition) is 1. The summed E-state index contributed by atoms with van der Waals surface area (Å²) in [6.45, 7) is 9.01. The summed E-state index contributed by atoms with van der Waals surface area (Å²) < 4.78 is 1.15. The number of hydrogen-bond acceptors (Lipinski definition) is 1. The third-order valence-corrected chi connectivity index (χ3v) is 3.20. The van der Waals surface area contributed by atoms with Gasteiger partial charge in [0.2, 0.25) is 0 Å². The molecule has 1 aromatic carbocycles. The standard InChI is InChI=1S/C14H22BrN/c1-10(2)8-11(3)16-12(4)13-6-5-7-14(15)9-13/h5-7,9-12,16H,8H2,1-4H3/t11?,12-/m0/s1. The van der Waals surface area contributed by atoms with Crippen LogP contribution in [0.2, 0.25) is 0 Å². The zero-order valence-electron chi connectivity index (χ0n) is 10.6. The van der Waals surface area contributed by atoms with E-state index in [9.17, 15) is 0 Å². The van der Waals surface area contributed by atoms with Crippen LogP contribution in [0.3, 0.4) is 0 Å². The van der Waals surface area contributed by atoms with Gasteiger partial charge in [-0.15, -0.1) is 0 Å². The van der Waals surface area contributed by atoms with Gasteiger partial charge in [0.15, 0.2) is 0 Å². The van der Waals surface area contributed by atoms with Crippen molar-refractivity contribution in [3.8, 4) is 0 Å². The quantitative estimate of drug-likeness (QED) is 0.837. The molecular weight excluding hydrogens is 262 g/mol. The number of nitrogens with one attached hydrogen (secondary N) is 1. The molecule has 1 aromatic rings. The molecule has 0 amide bonds. The summed E-state index contributed by atoms with van der Waals surface area (Å²) in [4.78, 5) is 0. The highest BCUT2D eigenvalue weighted by Gasteiger charge is 2.10. The van der Waals surface area contributed by atoms with Crippen LogP contribution in [0, 0.1) is 5.92 Å². The van der Waals surface area contributed by atoms with Gasteiger partial charge in [-0.25, -0.2) is 0 Å². The first kappa shape index (κ1) is 13.7. The zero-order valence-corrected chi connectivity index (χ0v) is 12.2.